The van der Waals surface area contributed by atoms with Gasteiger partial charge in [0.1, 0.15) is 23.9 Å². The fourth-order valence-corrected chi connectivity index (χ4v) is 6.74. The van der Waals surface area contributed by atoms with E-state index in [0.29, 0.717) is 18.1 Å². The first-order valence-electron chi connectivity index (χ1n) is 16.3. The average Bonchev–Trinajstić information content (AvgIpc) is 3.34. The Balaban J connectivity index is 1.38. The second-order valence-electron chi connectivity index (χ2n) is 14.6. The van der Waals surface area contributed by atoms with Gasteiger partial charge >= 0.3 is 11.9 Å². The number of piperidine rings is 1. The van der Waals surface area contributed by atoms with E-state index >= 15 is 0 Å². The predicted molar refractivity (Wildman–Crippen MR) is 187 cm³/mol. The lowest BCUT2D eigenvalue weighted by Gasteiger charge is -2.30. The van der Waals surface area contributed by atoms with Crippen molar-refractivity contribution in [2.45, 2.75) is 67.7 Å². The quantitative estimate of drug-likeness (QED) is 0.134. The number of nitrogens with zero attached hydrogens (tertiary/aromatic N) is 1. The normalized spacial score (nSPS) is 15.9. The molecule has 2 heterocycles. The Morgan fingerprint density at radius 3 is 2.07 bits per heavy atom. The van der Waals surface area contributed by atoms with Gasteiger partial charge in [0.05, 0.1) is 10.8 Å². The smallest absolute Gasteiger partial charge is 0.316 e. The summed E-state index contributed by atoms with van der Waals surface area (Å²) >= 11 is 1.67. The topological polar surface area (TPSA) is 65.1 Å². The van der Waals surface area contributed by atoms with Crippen molar-refractivity contribution >= 4 is 33.4 Å². The summed E-state index contributed by atoms with van der Waals surface area (Å²) in [7, 11) is 0. The molecule has 1 aliphatic heterocycles. The van der Waals surface area contributed by atoms with Gasteiger partial charge in [-0.25, -0.2) is 0 Å². The fourth-order valence-electron chi connectivity index (χ4n) is 5.49. The van der Waals surface area contributed by atoms with Crippen molar-refractivity contribution in [3.05, 3.63) is 77.9 Å². The first-order chi connectivity index (χ1) is 21.8. The molecule has 0 spiro atoms. The van der Waals surface area contributed by atoms with E-state index in [2.05, 4.69) is 36.1 Å². The molecular formula is C39H47NO5S. The monoisotopic (exact) mass is 641 g/mol. The molecule has 6 nitrogen and oxygen atoms in total. The standard InChI is InChI=1S/C39H47NO5S/c1-26-9-8-20-40(25-26)21-22-43-29-14-10-27(11-15-29)23-33-32-19-18-31(45-37(42)39(5,6)7)24-34(32)46-35(33)28-12-16-30(17-13-28)44-36(41)38(2,3)4/h10-19,24,26H,8-9,20-23,25H2,1-7H3. The average molecular weight is 642 g/mol. The minimum Gasteiger partial charge on any atom is -0.492 e. The molecule has 1 saturated heterocycles. The van der Waals surface area contributed by atoms with E-state index in [-0.39, 0.29) is 11.9 Å². The van der Waals surface area contributed by atoms with Crippen molar-refractivity contribution in [1.29, 1.82) is 0 Å². The van der Waals surface area contributed by atoms with Crippen LogP contribution in [0.15, 0.2) is 66.7 Å². The first-order valence-corrected chi connectivity index (χ1v) is 17.1. The molecule has 1 fully saturated rings. The Bertz CT molecular complexity index is 1660. The number of hydrogen-bond donors (Lipinski definition) is 0. The van der Waals surface area contributed by atoms with Crippen LogP contribution in [0.2, 0.25) is 0 Å². The van der Waals surface area contributed by atoms with Gasteiger partial charge in [0.2, 0.25) is 0 Å². The van der Waals surface area contributed by atoms with Crippen LogP contribution in [0.1, 0.15) is 72.4 Å². The third-order valence-corrected chi connectivity index (χ3v) is 9.49. The van der Waals surface area contributed by atoms with Crippen molar-refractivity contribution in [3.63, 3.8) is 0 Å². The first kappa shape index (κ1) is 33.7. The lowest BCUT2D eigenvalue weighted by atomic mass is 9.97. The highest BCUT2D eigenvalue weighted by Gasteiger charge is 2.25. The van der Waals surface area contributed by atoms with E-state index in [9.17, 15) is 9.59 Å². The molecule has 1 aromatic heterocycles. The SMILES string of the molecule is CC1CCCN(CCOc2ccc(Cc3c(-c4ccc(OC(=O)C(C)(C)C)cc4)sc4cc(OC(=O)C(C)(C)C)ccc34)cc2)C1. The molecule has 1 unspecified atom stereocenters. The highest BCUT2D eigenvalue weighted by atomic mass is 32.1. The number of esters is 2. The van der Waals surface area contributed by atoms with Gasteiger partial charge in [-0.2, -0.15) is 0 Å². The molecule has 4 aromatic rings. The highest BCUT2D eigenvalue weighted by Crippen LogP contribution is 2.42. The number of rotatable bonds is 9. The lowest BCUT2D eigenvalue weighted by molar-refractivity contribution is -0.143. The Hall–Kier alpha value is -3.68. The zero-order valence-corrected chi connectivity index (χ0v) is 29.1. The number of thiophene rings is 1. The largest absolute Gasteiger partial charge is 0.492 e. The van der Waals surface area contributed by atoms with E-state index in [1.807, 2.05) is 84.0 Å². The van der Waals surface area contributed by atoms with Crippen molar-refractivity contribution in [2.24, 2.45) is 16.7 Å². The Morgan fingerprint density at radius 1 is 0.826 bits per heavy atom. The van der Waals surface area contributed by atoms with E-state index in [1.54, 1.807) is 11.3 Å². The zero-order chi connectivity index (χ0) is 33.1. The van der Waals surface area contributed by atoms with Crippen LogP contribution in [0.5, 0.6) is 17.2 Å². The Morgan fingerprint density at radius 2 is 1.43 bits per heavy atom. The number of ether oxygens (including phenoxy) is 3. The molecule has 46 heavy (non-hydrogen) atoms. The minimum absolute atomic E-state index is 0.267. The van der Waals surface area contributed by atoms with Gasteiger partial charge in [0.25, 0.3) is 0 Å². The summed E-state index contributed by atoms with van der Waals surface area (Å²) < 4.78 is 18.5. The molecule has 0 aliphatic carbocycles. The van der Waals surface area contributed by atoms with Crippen LogP contribution in [-0.2, 0) is 16.0 Å². The number of carbonyl (C=O) groups is 2. The van der Waals surface area contributed by atoms with Gasteiger partial charge in [-0.05, 0) is 150 Å². The van der Waals surface area contributed by atoms with Gasteiger partial charge in [-0.1, -0.05) is 19.1 Å². The summed E-state index contributed by atoms with van der Waals surface area (Å²) in [6, 6.07) is 22.0. The van der Waals surface area contributed by atoms with E-state index in [1.165, 1.54) is 24.0 Å². The molecule has 244 valence electrons. The Kier molecular flexibility index (Phi) is 10.2. The van der Waals surface area contributed by atoms with Gasteiger partial charge in [0, 0.05) is 22.7 Å². The van der Waals surface area contributed by atoms with Crippen LogP contribution >= 0.6 is 11.3 Å². The molecule has 5 rings (SSSR count). The van der Waals surface area contributed by atoms with Crippen LogP contribution in [-0.4, -0.2) is 43.1 Å². The van der Waals surface area contributed by atoms with Gasteiger partial charge in [-0.15, -0.1) is 11.3 Å². The molecule has 7 heteroatoms. The molecular weight excluding hydrogens is 594 g/mol. The highest BCUT2D eigenvalue weighted by molar-refractivity contribution is 7.22. The molecule has 0 amide bonds. The van der Waals surface area contributed by atoms with E-state index in [0.717, 1.165) is 58.2 Å². The molecule has 0 bridgehead atoms. The Labute approximate surface area is 277 Å². The van der Waals surface area contributed by atoms with E-state index in [4.69, 9.17) is 14.2 Å². The number of likely N-dealkylation sites (tertiary alicyclic amines) is 1. The molecule has 0 saturated carbocycles. The van der Waals surface area contributed by atoms with Gasteiger partial charge in [-0.3, -0.25) is 14.5 Å². The van der Waals surface area contributed by atoms with Gasteiger partial charge in [0.15, 0.2) is 0 Å². The van der Waals surface area contributed by atoms with E-state index < -0.39 is 10.8 Å². The summed E-state index contributed by atoms with van der Waals surface area (Å²) in [5.74, 6) is 2.17. The fraction of sp³-hybridized carbons (Fsp3) is 0.436. The number of hydrogen-bond acceptors (Lipinski definition) is 7. The molecule has 1 aliphatic rings. The molecule has 0 radical (unpaired) electrons. The summed E-state index contributed by atoms with van der Waals surface area (Å²) in [4.78, 5) is 28.7. The van der Waals surface area contributed by atoms with Crippen LogP contribution in [0.25, 0.3) is 20.5 Å². The van der Waals surface area contributed by atoms with Crippen molar-refractivity contribution in [3.8, 4) is 27.7 Å². The van der Waals surface area contributed by atoms with Crippen molar-refractivity contribution in [1.82, 2.24) is 4.90 Å². The third-order valence-electron chi connectivity index (χ3n) is 8.25. The van der Waals surface area contributed by atoms with Crippen molar-refractivity contribution in [2.75, 3.05) is 26.2 Å². The summed E-state index contributed by atoms with van der Waals surface area (Å²) in [5.41, 5.74) is 2.23. The molecule has 0 N–H and O–H groups in total. The lowest BCUT2D eigenvalue weighted by Crippen LogP contribution is -2.37. The van der Waals surface area contributed by atoms with Crippen LogP contribution in [0, 0.1) is 16.7 Å². The summed E-state index contributed by atoms with van der Waals surface area (Å²) in [5, 5.41) is 1.12. The van der Waals surface area contributed by atoms with Gasteiger partial charge < -0.3 is 14.2 Å². The number of benzene rings is 3. The summed E-state index contributed by atoms with van der Waals surface area (Å²) in [6.45, 7) is 17.4. The minimum atomic E-state index is -0.596. The molecule has 3 aromatic carbocycles. The zero-order valence-electron chi connectivity index (χ0n) is 28.3. The summed E-state index contributed by atoms with van der Waals surface area (Å²) in [6.07, 6.45) is 3.32. The maximum Gasteiger partial charge on any atom is 0.316 e. The van der Waals surface area contributed by atoms with Crippen LogP contribution < -0.4 is 14.2 Å². The van der Waals surface area contributed by atoms with Crippen molar-refractivity contribution < 1.29 is 23.8 Å². The predicted octanol–water partition coefficient (Wildman–Crippen LogP) is 9.17. The number of carbonyl (C=O) groups excluding carboxylic acids is 2. The number of fused-ring (bicyclic) bond motifs is 1. The van der Waals surface area contributed by atoms with Crippen LogP contribution in [0.3, 0.4) is 0 Å². The third kappa shape index (κ3) is 8.56. The maximum atomic E-state index is 12.6. The van der Waals surface area contributed by atoms with Crippen LogP contribution in [0.4, 0.5) is 0 Å². The second-order valence-corrected chi connectivity index (χ2v) is 15.6. The second kappa shape index (κ2) is 14.0. The maximum absolute atomic E-state index is 12.6. The molecule has 1 atom stereocenters.